The highest BCUT2D eigenvalue weighted by atomic mass is 35.5. The number of ether oxygens (including phenoxy) is 2. The van der Waals surface area contributed by atoms with Crippen LogP contribution in [0.2, 0.25) is 5.02 Å². The molecular formula is C32H30ClF6N5O3. The molecule has 1 saturated heterocycles. The topological polar surface area (TPSA) is 128 Å². The number of aliphatic hydroxyl groups is 1. The monoisotopic (exact) mass is 681 g/mol. The second-order valence-electron chi connectivity index (χ2n) is 10.5. The minimum absolute atomic E-state index is 0.0156. The Bertz CT molecular complexity index is 1690. The lowest BCUT2D eigenvalue weighted by Crippen LogP contribution is -2.51. The largest absolute Gasteiger partial charge is 0.418 e. The number of aliphatic imine (C=N–C) groups is 3. The zero-order valence-corrected chi connectivity index (χ0v) is 25.7. The maximum atomic E-state index is 14.2. The lowest BCUT2D eigenvalue weighted by molar-refractivity contribution is -0.199. The first kappa shape index (κ1) is 35.6. The van der Waals surface area contributed by atoms with Crippen LogP contribution in [0, 0.1) is 17.5 Å². The molecule has 0 amide bonds. The SMILES string of the molecule is CC(N)=NC(=Nc1cc(Cl)ccc1C(F)(F)F)C(OC1COC1C)[C@@H](O)CN=C/C(=C(\N)c1ccccc1)c1cc(F)c(F)c(F)c1. The van der Waals surface area contributed by atoms with Crippen LogP contribution in [0.5, 0.6) is 0 Å². The summed E-state index contributed by atoms with van der Waals surface area (Å²) in [6.07, 6.45) is -7.84. The van der Waals surface area contributed by atoms with E-state index >= 15 is 0 Å². The number of nitrogens with zero attached hydrogens (tertiary/aromatic N) is 3. The standard InChI is InChI=1S/C32H30ClF6N5O3/c1-16-27(15-46-16)47-30(31(43-17(2)40)44-25-12-20(33)8-9-22(25)32(37,38)39)26(45)14-42-13-21(29(41)18-6-4-3-5-7-18)19-10-23(34)28(36)24(35)11-19/h3-13,16,26-27,30,45H,14-15,41H2,1-2H3,(H2,40,43,44)/b29-21+,42-13?/t16?,26-,27?,30?/m0/s1. The molecule has 15 heteroatoms. The molecule has 0 radical (unpaired) electrons. The normalized spacial score (nSPS) is 19.4. The zero-order chi connectivity index (χ0) is 34.5. The fourth-order valence-corrected chi connectivity index (χ4v) is 4.62. The molecule has 3 unspecified atom stereocenters. The summed E-state index contributed by atoms with van der Waals surface area (Å²) in [5.41, 5.74) is 10.7. The molecule has 0 saturated carbocycles. The summed E-state index contributed by atoms with van der Waals surface area (Å²) in [4.78, 5) is 12.4. The van der Waals surface area contributed by atoms with E-state index in [1.165, 1.54) is 6.92 Å². The van der Waals surface area contributed by atoms with E-state index in [9.17, 15) is 31.4 Å². The number of aliphatic hydroxyl groups excluding tert-OH is 1. The van der Waals surface area contributed by atoms with E-state index in [-0.39, 0.29) is 34.3 Å². The molecule has 0 spiro atoms. The highest BCUT2D eigenvalue weighted by Gasteiger charge is 2.38. The molecule has 0 aliphatic carbocycles. The lowest BCUT2D eigenvalue weighted by atomic mass is 10.00. The Labute approximate surface area is 271 Å². The Hall–Kier alpha value is -4.24. The summed E-state index contributed by atoms with van der Waals surface area (Å²) in [5.74, 6) is -5.13. The first-order valence-electron chi connectivity index (χ1n) is 14.1. The van der Waals surface area contributed by atoms with Crippen molar-refractivity contribution < 1.29 is 40.9 Å². The van der Waals surface area contributed by atoms with Crippen molar-refractivity contribution in [3.63, 3.8) is 0 Å². The van der Waals surface area contributed by atoms with Gasteiger partial charge in [-0.05, 0) is 55.3 Å². The van der Waals surface area contributed by atoms with Crippen molar-refractivity contribution in [2.45, 2.75) is 44.4 Å². The minimum atomic E-state index is -4.81. The van der Waals surface area contributed by atoms with Gasteiger partial charge in [0.2, 0.25) is 0 Å². The number of allylic oxidation sites excluding steroid dienone is 1. The Morgan fingerprint density at radius 2 is 1.72 bits per heavy atom. The van der Waals surface area contributed by atoms with Crippen LogP contribution >= 0.6 is 11.6 Å². The van der Waals surface area contributed by atoms with E-state index in [2.05, 4.69) is 15.0 Å². The molecule has 0 aromatic heterocycles. The summed E-state index contributed by atoms with van der Waals surface area (Å²) >= 11 is 5.98. The van der Waals surface area contributed by atoms with E-state index < -0.39 is 71.7 Å². The molecule has 8 nitrogen and oxygen atoms in total. The number of benzene rings is 3. The number of nitrogens with two attached hydrogens (primary N) is 2. The molecule has 5 N–H and O–H groups in total. The van der Waals surface area contributed by atoms with Crippen LogP contribution in [-0.2, 0) is 15.7 Å². The van der Waals surface area contributed by atoms with Gasteiger partial charge in [0.05, 0.1) is 36.3 Å². The Morgan fingerprint density at radius 1 is 1.06 bits per heavy atom. The van der Waals surface area contributed by atoms with Crippen molar-refractivity contribution in [2.75, 3.05) is 13.2 Å². The highest BCUT2D eigenvalue weighted by Crippen LogP contribution is 2.38. The van der Waals surface area contributed by atoms with Gasteiger partial charge < -0.3 is 26.0 Å². The predicted octanol–water partition coefficient (Wildman–Crippen LogP) is 6.31. The van der Waals surface area contributed by atoms with Gasteiger partial charge in [-0.25, -0.2) is 23.2 Å². The van der Waals surface area contributed by atoms with Crippen molar-refractivity contribution in [2.24, 2.45) is 26.4 Å². The molecule has 1 fully saturated rings. The molecule has 0 bridgehead atoms. The van der Waals surface area contributed by atoms with Gasteiger partial charge >= 0.3 is 6.18 Å². The summed E-state index contributed by atoms with van der Waals surface area (Å²) in [6.45, 7) is 2.66. The first-order valence-corrected chi connectivity index (χ1v) is 14.4. The first-order chi connectivity index (χ1) is 22.1. The average molecular weight is 682 g/mol. The second-order valence-corrected chi connectivity index (χ2v) is 11.0. The fraction of sp³-hybridized carbons (Fsp3) is 0.281. The van der Waals surface area contributed by atoms with Crippen LogP contribution < -0.4 is 11.5 Å². The van der Waals surface area contributed by atoms with Crippen molar-refractivity contribution in [1.82, 2.24) is 0 Å². The third kappa shape index (κ3) is 8.98. The van der Waals surface area contributed by atoms with Crippen LogP contribution in [0.15, 0.2) is 75.6 Å². The van der Waals surface area contributed by atoms with Crippen molar-refractivity contribution in [3.05, 3.63) is 99.8 Å². The summed E-state index contributed by atoms with van der Waals surface area (Å²) in [5, 5.41) is 11.3. The Morgan fingerprint density at radius 3 is 2.28 bits per heavy atom. The third-order valence-corrected chi connectivity index (χ3v) is 7.18. The average Bonchev–Trinajstić information content (AvgIpc) is 3.00. The maximum absolute atomic E-state index is 14.2. The van der Waals surface area contributed by atoms with Crippen molar-refractivity contribution in [1.29, 1.82) is 0 Å². The predicted molar refractivity (Wildman–Crippen MR) is 168 cm³/mol. The number of hydrogen-bond acceptors (Lipinski definition) is 6. The van der Waals surface area contributed by atoms with Gasteiger partial charge in [0.15, 0.2) is 23.3 Å². The maximum Gasteiger partial charge on any atom is 0.418 e. The number of alkyl halides is 3. The van der Waals surface area contributed by atoms with Gasteiger partial charge in [0.25, 0.3) is 0 Å². The summed E-state index contributed by atoms with van der Waals surface area (Å²) < 4.78 is 95.1. The molecule has 1 heterocycles. The molecule has 3 aromatic rings. The molecule has 47 heavy (non-hydrogen) atoms. The van der Waals surface area contributed by atoms with Crippen molar-refractivity contribution in [3.8, 4) is 0 Å². The van der Waals surface area contributed by atoms with Crippen molar-refractivity contribution >= 4 is 46.4 Å². The van der Waals surface area contributed by atoms with E-state index in [0.717, 1.165) is 36.5 Å². The molecule has 1 aliphatic rings. The minimum Gasteiger partial charge on any atom is -0.398 e. The second kappa shape index (κ2) is 15.1. The van der Waals surface area contributed by atoms with Gasteiger partial charge in [0.1, 0.15) is 18.3 Å². The molecule has 3 aromatic carbocycles. The van der Waals surface area contributed by atoms with Gasteiger partial charge in [-0.3, -0.25) is 4.99 Å². The van der Waals surface area contributed by atoms with Gasteiger partial charge in [-0.1, -0.05) is 41.9 Å². The number of amidine groups is 2. The van der Waals surface area contributed by atoms with E-state index in [1.54, 1.807) is 37.3 Å². The van der Waals surface area contributed by atoms with Crippen LogP contribution in [0.4, 0.5) is 32.0 Å². The molecular weight excluding hydrogens is 652 g/mol. The van der Waals surface area contributed by atoms with Gasteiger partial charge in [-0.2, -0.15) is 13.2 Å². The summed E-state index contributed by atoms with van der Waals surface area (Å²) in [6, 6.07) is 12.6. The molecule has 4 atom stereocenters. The van der Waals surface area contributed by atoms with E-state index in [0.29, 0.717) is 5.56 Å². The number of hydrogen-bond donors (Lipinski definition) is 3. The third-order valence-electron chi connectivity index (χ3n) is 6.95. The van der Waals surface area contributed by atoms with Crippen LogP contribution in [0.1, 0.15) is 30.5 Å². The zero-order valence-electron chi connectivity index (χ0n) is 25.0. The number of rotatable bonds is 10. The molecule has 4 rings (SSSR count). The lowest BCUT2D eigenvalue weighted by Gasteiger charge is -2.37. The quantitative estimate of drug-likeness (QED) is 0.0760. The molecule has 1 aliphatic heterocycles. The highest BCUT2D eigenvalue weighted by molar-refractivity contribution is 6.30. The summed E-state index contributed by atoms with van der Waals surface area (Å²) in [7, 11) is 0. The number of halogens is 7. The van der Waals surface area contributed by atoms with Gasteiger partial charge in [0, 0.05) is 22.5 Å². The Balaban J connectivity index is 1.76. The molecule has 250 valence electrons. The van der Waals surface area contributed by atoms with E-state index in [1.807, 2.05) is 0 Å². The van der Waals surface area contributed by atoms with Crippen LogP contribution in [0.3, 0.4) is 0 Å². The fourth-order valence-electron chi connectivity index (χ4n) is 4.45. The Kier molecular flexibility index (Phi) is 11.4. The smallest absolute Gasteiger partial charge is 0.398 e. The van der Waals surface area contributed by atoms with Gasteiger partial charge in [-0.15, -0.1) is 0 Å². The van der Waals surface area contributed by atoms with E-state index in [4.69, 9.17) is 32.5 Å². The van der Waals surface area contributed by atoms with Crippen LogP contribution in [0.25, 0.3) is 11.3 Å². The van der Waals surface area contributed by atoms with Crippen LogP contribution in [-0.4, -0.2) is 60.6 Å².